The van der Waals surface area contributed by atoms with Gasteiger partial charge in [-0.05, 0) is 0 Å². The first kappa shape index (κ1) is 16.3. The van der Waals surface area contributed by atoms with Crippen LogP contribution in [0.15, 0.2) is 0 Å². The third kappa shape index (κ3) is 4.74. The van der Waals surface area contributed by atoms with Crippen molar-refractivity contribution in [2.75, 3.05) is 32.1 Å². The number of ether oxygens (including phenoxy) is 1. The lowest BCUT2D eigenvalue weighted by atomic mass is 10.2. The van der Waals surface area contributed by atoms with E-state index in [4.69, 9.17) is 4.74 Å². The molecule has 2 N–H and O–H groups in total. The predicted octanol–water partition coefficient (Wildman–Crippen LogP) is -0.638. The highest BCUT2D eigenvalue weighted by Crippen LogP contribution is 2.16. The summed E-state index contributed by atoms with van der Waals surface area (Å²) in [5.74, 6) is -0.694. The van der Waals surface area contributed by atoms with Gasteiger partial charge in [-0.2, -0.15) is 0 Å². The van der Waals surface area contributed by atoms with Crippen molar-refractivity contribution < 1.29 is 19.1 Å². The highest BCUT2D eigenvalue weighted by atomic mass is 32.1. The SMILES string of the molecule is COCc1nnc(NC(=O)CCC(=O)N2CCNC(=O)C2)s1. The van der Waals surface area contributed by atoms with E-state index in [1.54, 1.807) is 7.11 Å². The maximum absolute atomic E-state index is 11.9. The van der Waals surface area contributed by atoms with Crippen molar-refractivity contribution in [1.82, 2.24) is 20.4 Å². The van der Waals surface area contributed by atoms with E-state index >= 15 is 0 Å². The third-order valence-electron chi connectivity index (χ3n) is 2.94. The van der Waals surface area contributed by atoms with E-state index < -0.39 is 0 Å². The average Bonchev–Trinajstić information content (AvgIpc) is 2.92. The number of anilines is 1. The first-order valence-electron chi connectivity index (χ1n) is 6.74. The molecular formula is C12H17N5O4S. The molecule has 22 heavy (non-hydrogen) atoms. The Balaban J connectivity index is 1.74. The molecule has 120 valence electrons. The predicted molar refractivity (Wildman–Crippen MR) is 78.1 cm³/mol. The number of carbonyl (C=O) groups is 3. The van der Waals surface area contributed by atoms with Gasteiger partial charge in [0.2, 0.25) is 22.9 Å². The molecule has 3 amide bonds. The molecule has 0 aromatic carbocycles. The lowest BCUT2D eigenvalue weighted by Gasteiger charge is -2.26. The van der Waals surface area contributed by atoms with Gasteiger partial charge in [-0.3, -0.25) is 14.4 Å². The van der Waals surface area contributed by atoms with Crippen molar-refractivity contribution in [2.45, 2.75) is 19.4 Å². The molecule has 2 rings (SSSR count). The Morgan fingerprint density at radius 3 is 2.95 bits per heavy atom. The standard InChI is InChI=1S/C12H17N5O4S/c1-21-7-10-15-16-12(22-10)14-8(18)2-3-11(20)17-5-4-13-9(19)6-17/h2-7H2,1H3,(H,13,19)(H,14,16,18). The van der Waals surface area contributed by atoms with Crippen LogP contribution in [0.1, 0.15) is 17.8 Å². The number of methoxy groups -OCH3 is 1. The minimum atomic E-state index is -0.310. The van der Waals surface area contributed by atoms with Gasteiger partial charge >= 0.3 is 0 Å². The monoisotopic (exact) mass is 327 g/mol. The molecule has 0 unspecified atom stereocenters. The second-order valence-corrected chi connectivity index (χ2v) is 5.71. The van der Waals surface area contributed by atoms with Crippen LogP contribution in [-0.2, 0) is 25.7 Å². The van der Waals surface area contributed by atoms with Crippen LogP contribution in [0.5, 0.6) is 0 Å². The molecule has 0 spiro atoms. The molecule has 1 saturated heterocycles. The molecule has 1 aliphatic rings. The number of piperazine rings is 1. The van der Waals surface area contributed by atoms with Crippen LogP contribution in [0.25, 0.3) is 0 Å². The summed E-state index contributed by atoms with van der Waals surface area (Å²) < 4.78 is 4.91. The number of hydrogen-bond donors (Lipinski definition) is 2. The highest BCUT2D eigenvalue weighted by molar-refractivity contribution is 7.15. The quantitative estimate of drug-likeness (QED) is 0.718. The van der Waals surface area contributed by atoms with E-state index in [1.807, 2.05) is 0 Å². The Bertz CT molecular complexity index is 561. The summed E-state index contributed by atoms with van der Waals surface area (Å²) in [6.07, 6.45) is 0.0962. The smallest absolute Gasteiger partial charge is 0.239 e. The second-order valence-electron chi connectivity index (χ2n) is 4.65. The maximum Gasteiger partial charge on any atom is 0.239 e. The van der Waals surface area contributed by atoms with Gasteiger partial charge in [-0.1, -0.05) is 11.3 Å². The second kappa shape index (κ2) is 7.80. The van der Waals surface area contributed by atoms with Gasteiger partial charge in [0, 0.05) is 33.0 Å². The maximum atomic E-state index is 11.9. The molecule has 2 heterocycles. The van der Waals surface area contributed by atoms with E-state index in [0.29, 0.717) is 29.8 Å². The fraction of sp³-hybridized carbons (Fsp3) is 0.583. The van der Waals surface area contributed by atoms with Crippen LogP contribution in [-0.4, -0.2) is 59.6 Å². The number of amides is 3. The number of hydrogen-bond acceptors (Lipinski definition) is 7. The van der Waals surface area contributed by atoms with Gasteiger partial charge in [0.15, 0.2) is 0 Å². The normalized spacial score (nSPS) is 14.6. The Morgan fingerprint density at radius 1 is 1.41 bits per heavy atom. The van der Waals surface area contributed by atoms with Gasteiger partial charge in [-0.25, -0.2) is 0 Å². The molecule has 1 aromatic heterocycles. The molecule has 0 radical (unpaired) electrons. The van der Waals surface area contributed by atoms with Crippen LogP contribution < -0.4 is 10.6 Å². The number of rotatable bonds is 6. The zero-order valence-corrected chi connectivity index (χ0v) is 12.9. The van der Waals surface area contributed by atoms with Crippen molar-refractivity contribution in [2.24, 2.45) is 0 Å². The topological polar surface area (TPSA) is 114 Å². The lowest BCUT2D eigenvalue weighted by Crippen LogP contribution is -2.50. The van der Waals surface area contributed by atoms with Gasteiger partial charge < -0.3 is 20.3 Å². The van der Waals surface area contributed by atoms with Crippen LogP contribution in [0, 0.1) is 0 Å². The van der Waals surface area contributed by atoms with Crippen LogP contribution in [0.3, 0.4) is 0 Å². The number of nitrogens with one attached hydrogen (secondary N) is 2. The van der Waals surface area contributed by atoms with Crippen molar-refractivity contribution in [1.29, 1.82) is 0 Å². The van der Waals surface area contributed by atoms with E-state index in [-0.39, 0.29) is 37.1 Å². The summed E-state index contributed by atoms with van der Waals surface area (Å²) >= 11 is 1.22. The average molecular weight is 327 g/mol. The first-order chi connectivity index (χ1) is 10.6. The molecule has 9 nitrogen and oxygen atoms in total. The van der Waals surface area contributed by atoms with Crippen LogP contribution >= 0.6 is 11.3 Å². The Hall–Kier alpha value is -2.07. The molecule has 0 saturated carbocycles. The number of nitrogens with zero attached hydrogens (tertiary/aromatic N) is 3. The minimum absolute atomic E-state index is 0.0378. The van der Waals surface area contributed by atoms with Gasteiger partial charge in [0.05, 0.1) is 6.54 Å². The number of aromatic nitrogens is 2. The lowest BCUT2D eigenvalue weighted by molar-refractivity contribution is -0.138. The zero-order chi connectivity index (χ0) is 15.9. The van der Waals surface area contributed by atoms with Gasteiger partial charge in [-0.15, -0.1) is 10.2 Å². The van der Waals surface area contributed by atoms with Gasteiger partial charge in [0.1, 0.15) is 11.6 Å². The fourth-order valence-corrected chi connectivity index (χ4v) is 2.63. The van der Waals surface area contributed by atoms with E-state index in [9.17, 15) is 14.4 Å². The summed E-state index contributed by atoms with van der Waals surface area (Å²) in [6, 6.07) is 0. The summed E-state index contributed by atoms with van der Waals surface area (Å²) in [6.45, 7) is 1.31. The van der Waals surface area contributed by atoms with E-state index in [1.165, 1.54) is 16.2 Å². The van der Waals surface area contributed by atoms with Crippen molar-refractivity contribution in [3.8, 4) is 0 Å². The fourth-order valence-electron chi connectivity index (χ4n) is 1.90. The zero-order valence-electron chi connectivity index (χ0n) is 12.1. The summed E-state index contributed by atoms with van der Waals surface area (Å²) in [5.41, 5.74) is 0. The largest absolute Gasteiger partial charge is 0.377 e. The molecule has 1 fully saturated rings. The third-order valence-corrected chi connectivity index (χ3v) is 3.75. The first-order valence-corrected chi connectivity index (χ1v) is 7.56. The molecule has 0 bridgehead atoms. The summed E-state index contributed by atoms with van der Waals surface area (Å²) in [4.78, 5) is 36.3. The Morgan fingerprint density at radius 2 is 2.23 bits per heavy atom. The molecule has 1 aromatic rings. The van der Waals surface area contributed by atoms with E-state index in [0.717, 1.165) is 0 Å². The summed E-state index contributed by atoms with van der Waals surface area (Å²) in [7, 11) is 1.55. The molecule has 0 aliphatic carbocycles. The van der Waals surface area contributed by atoms with Crippen LogP contribution in [0.4, 0.5) is 5.13 Å². The molecule has 1 aliphatic heterocycles. The van der Waals surface area contributed by atoms with Crippen molar-refractivity contribution in [3.63, 3.8) is 0 Å². The van der Waals surface area contributed by atoms with Crippen LogP contribution in [0.2, 0.25) is 0 Å². The highest BCUT2D eigenvalue weighted by Gasteiger charge is 2.21. The molecular weight excluding hydrogens is 310 g/mol. The molecule has 10 heteroatoms. The van der Waals surface area contributed by atoms with Crippen molar-refractivity contribution in [3.05, 3.63) is 5.01 Å². The minimum Gasteiger partial charge on any atom is -0.377 e. The Labute approximate surface area is 131 Å². The van der Waals surface area contributed by atoms with Crippen molar-refractivity contribution >= 4 is 34.2 Å². The van der Waals surface area contributed by atoms with E-state index in [2.05, 4.69) is 20.8 Å². The van der Waals surface area contributed by atoms with Gasteiger partial charge in [0.25, 0.3) is 0 Å². The number of carbonyl (C=O) groups excluding carboxylic acids is 3. The summed E-state index contributed by atoms with van der Waals surface area (Å²) in [5, 5.41) is 13.9. The Kier molecular flexibility index (Phi) is 5.78. The molecule has 0 atom stereocenters.